The zero-order valence-electron chi connectivity index (χ0n) is 20.8. The molecule has 10 heteroatoms. The molecule has 29 heavy (non-hydrogen) atoms. The number of rotatable bonds is 18. The van der Waals surface area contributed by atoms with E-state index in [2.05, 4.69) is 19.6 Å². The molecule has 0 amide bonds. The molecule has 6 nitrogen and oxygen atoms in total. The molecule has 0 aromatic carbocycles. The normalized spacial score (nSPS) is 14.0. The van der Waals surface area contributed by atoms with Crippen LogP contribution in [0, 0.1) is 0 Å². The van der Waals surface area contributed by atoms with Gasteiger partial charge in [0, 0.05) is 52.9 Å². The van der Waals surface area contributed by atoms with Gasteiger partial charge in [-0.15, -0.1) is 0 Å². The molecule has 0 spiro atoms. The summed E-state index contributed by atoms with van der Waals surface area (Å²) in [6.45, 7) is 6.47. The van der Waals surface area contributed by atoms with Gasteiger partial charge >= 0.3 is 25.7 Å². The highest BCUT2D eigenvalue weighted by atomic mass is 28.4. The molecule has 0 unspecified atom stereocenters. The Kier molecular flexibility index (Phi) is 14.2. The average molecular weight is 485 g/mol. The Morgan fingerprint density at radius 3 is 0.897 bits per heavy atom. The summed E-state index contributed by atoms with van der Waals surface area (Å²) >= 11 is 0. The van der Waals surface area contributed by atoms with E-state index < -0.39 is 25.7 Å². The minimum Gasteiger partial charge on any atom is -0.398 e. The lowest BCUT2D eigenvalue weighted by molar-refractivity contribution is 0.243. The molecule has 0 atom stereocenters. The zero-order chi connectivity index (χ0) is 22.6. The average Bonchev–Trinajstić information content (AvgIpc) is 2.73. The van der Waals surface area contributed by atoms with Gasteiger partial charge in [0.25, 0.3) is 0 Å². The van der Waals surface area contributed by atoms with E-state index >= 15 is 0 Å². The fraction of sp³-hybridized carbons (Fsp3) is 1.00. The molecule has 0 aliphatic heterocycles. The highest BCUT2D eigenvalue weighted by Gasteiger charge is 2.34. The summed E-state index contributed by atoms with van der Waals surface area (Å²) in [5, 5.41) is 0.421. The van der Waals surface area contributed by atoms with Crippen LogP contribution >= 0.6 is 0 Å². The van der Waals surface area contributed by atoms with Crippen molar-refractivity contribution in [2.24, 2.45) is 0 Å². The molecule has 0 heterocycles. The lowest BCUT2D eigenvalue weighted by Gasteiger charge is -2.33. The van der Waals surface area contributed by atoms with Crippen LogP contribution in [0.15, 0.2) is 0 Å². The van der Waals surface area contributed by atoms with E-state index in [-0.39, 0.29) is 0 Å². The van der Waals surface area contributed by atoms with Gasteiger partial charge in [0.05, 0.1) is 0 Å². The second-order valence-electron chi connectivity index (χ2n) is 9.00. The third-order valence-corrected chi connectivity index (χ3v) is 17.3. The van der Waals surface area contributed by atoms with E-state index in [1.807, 2.05) is 0 Å². The molecule has 0 aliphatic rings. The SMILES string of the molecule is CO[Si](C)(CCCC([SiH3])(CCC[Si](C)(OC)OC)CCC[Si](C)(OC)OC)OC. The third kappa shape index (κ3) is 11.2. The summed E-state index contributed by atoms with van der Waals surface area (Å²) in [5.41, 5.74) is 0. The number of hydrogen-bond acceptors (Lipinski definition) is 6. The van der Waals surface area contributed by atoms with Crippen molar-refractivity contribution >= 4 is 35.9 Å². The second kappa shape index (κ2) is 13.9. The lowest BCUT2D eigenvalue weighted by atomic mass is 9.92. The third-order valence-electron chi connectivity index (χ3n) is 6.82. The van der Waals surface area contributed by atoms with Crippen LogP contribution in [-0.2, 0) is 26.6 Å². The maximum atomic E-state index is 5.68. The Morgan fingerprint density at radius 2 is 0.724 bits per heavy atom. The summed E-state index contributed by atoms with van der Waals surface area (Å²) in [7, 11) is 5.90. The molecule has 0 aliphatic carbocycles. The molecule has 0 aromatic heterocycles. The molecular weight excluding hydrogens is 437 g/mol. The highest BCUT2D eigenvalue weighted by molar-refractivity contribution is 6.66. The Balaban J connectivity index is 4.92. The summed E-state index contributed by atoms with van der Waals surface area (Å²) in [6, 6.07) is 3.15. The summed E-state index contributed by atoms with van der Waals surface area (Å²) < 4.78 is 34.1. The first kappa shape index (κ1) is 29.6. The van der Waals surface area contributed by atoms with Crippen molar-refractivity contribution in [3.63, 3.8) is 0 Å². The molecule has 0 fully saturated rings. The fourth-order valence-corrected chi connectivity index (χ4v) is 8.99. The molecule has 0 rings (SSSR count). The van der Waals surface area contributed by atoms with E-state index in [0.29, 0.717) is 5.04 Å². The topological polar surface area (TPSA) is 55.4 Å². The first-order valence-corrected chi connectivity index (χ1v) is 19.4. The highest BCUT2D eigenvalue weighted by Crippen LogP contribution is 2.42. The predicted molar refractivity (Wildman–Crippen MR) is 132 cm³/mol. The summed E-state index contributed by atoms with van der Waals surface area (Å²) in [6.07, 6.45) is 7.22. The largest absolute Gasteiger partial charge is 0.398 e. The maximum Gasteiger partial charge on any atom is 0.334 e. The quantitative estimate of drug-likeness (QED) is 0.275. The van der Waals surface area contributed by atoms with Gasteiger partial charge in [-0.25, -0.2) is 0 Å². The molecule has 176 valence electrons. The first-order chi connectivity index (χ1) is 13.5. The van der Waals surface area contributed by atoms with E-state index in [1.54, 1.807) is 42.7 Å². The van der Waals surface area contributed by atoms with Crippen LogP contribution in [0.5, 0.6) is 0 Å². The van der Waals surface area contributed by atoms with Crippen molar-refractivity contribution in [3.05, 3.63) is 0 Å². The van der Waals surface area contributed by atoms with Crippen LogP contribution in [0.3, 0.4) is 0 Å². The van der Waals surface area contributed by atoms with Gasteiger partial charge in [0.2, 0.25) is 0 Å². The van der Waals surface area contributed by atoms with E-state index in [4.69, 9.17) is 26.6 Å². The van der Waals surface area contributed by atoms with Crippen LogP contribution in [-0.4, -0.2) is 78.6 Å². The number of hydrogen-bond donors (Lipinski definition) is 0. The van der Waals surface area contributed by atoms with Crippen LogP contribution in [0.1, 0.15) is 38.5 Å². The monoisotopic (exact) mass is 484 g/mol. The van der Waals surface area contributed by atoms with Gasteiger partial charge < -0.3 is 26.6 Å². The van der Waals surface area contributed by atoms with Crippen molar-refractivity contribution in [1.29, 1.82) is 0 Å². The Morgan fingerprint density at radius 1 is 0.517 bits per heavy atom. The van der Waals surface area contributed by atoms with Gasteiger partial charge in [-0.05, 0) is 42.8 Å². The van der Waals surface area contributed by atoms with E-state index in [0.717, 1.165) is 18.1 Å². The van der Waals surface area contributed by atoms with E-state index in [1.165, 1.54) is 48.8 Å². The fourth-order valence-electron chi connectivity index (χ4n) is 3.75. The minimum absolute atomic E-state index is 0.421. The summed E-state index contributed by atoms with van der Waals surface area (Å²) in [5.74, 6) is 0. The molecular formula is C19H48O6Si4. The first-order valence-electron chi connectivity index (χ1n) is 10.8. The zero-order valence-corrected chi connectivity index (χ0v) is 25.8. The van der Waals surface area contributed by atoms with Crippen LogP contribution in [0.25, 0.3) is 0 Å². The van der Waals surface area contributed by atoms with Gasteiger partial charge in [0.15, 0.2) is 0 Å². The molecule has 0 saturated heterocycles. The molecule has 0 bridgehead atoms. The second-order valence-corrected chi connectivity index (χ2v) is 21.9. The Bertz CT molecular complexity index is 369. The smallest absolute Gasteiger partial charge is 0.334 e. The van der Waals surface area contributed by atoms with Gasteiger partial charge in [-0.3, -0.25) is 0 Å². The Labute approximate surface area is 186 Å². The van der Waals surface area contributed by atoms with Crippen molar-refractivity contribution in [2.75, 3.05) is 42.7 Å². The van der Waals surface area contributed by atoms with Gasteiger partial charge in [-0.2, -0.15) is 0 Å². The van der Waals surface area contributed by atoms with Crippen molar-refractivity contribution in [1.82, 2.24) is 0 Å². The minimum atomic E-state index is -1.99. The van der Waals surface area contributed by atoms with Crippen molar-refractivity contribution < 1.29 is 26.6 Å². The lowest BCUT2D eigenvalue weighted by Crippen LogP contribution is -2.37. The van der Waals surface area contributed by atoms with Crippen LogP contribution in [0.2, 0.25) is 42.8 Å². The van der Waals surface area contributed by atoms with Gasteiger partial charge in [-0.1, -0.05) is 38.5 Å². The summed E-state index contributed by atoms with van der Waals surface area (Å²) in [4.78, 5) is 0. The van der Waals surface area contributed by atoms with Crippen LogP contribution < -0.4 is 0 Å². The predicted octanol–water partition coefficient (Wildman–Crippen LogP) is 3.95. The molecule has 0 N–H and O–H groups in total. The van der Waals surface area contributed by atoms with Crippen molar-refractivity contribution in [3.8, 4) is 0 Å². The molecule has 0 radical (unpaired) electrons. The standard InChI is InChI=1S/C19H48O6Si4/c1-20-27(7,21-2)16-10-13-19(26,14-11-17-28(8,22-3)23-4)15-12-18-29(9,24-5)25-6/h10-18H2,1-9,26H3. The van der Waals surface area contributed by atoms with Crippen LogP contribution in [0.4, 0.5) is 0 Å². The Hall–Kier alpha value is 0.628. The maximum absolute atomic E-state index is 5.68. The van der Waals surface area contributed by atoms with Crippen molar-refractivity contribution in [2.45, 2.75) is 81.3 Å². The molecule has 0 saturated carbocycles. The van der Waals surface area contributed by atoms with E-state index in [9.17, 15) is 0 Å². The molecule has 0 aromatic rings. The van der Waals surface area contributed by atoms with Gasteiger partial charge in [0.1, 0.15) is 0 Å².